The van der Waals surface area contributed by atoms with E-state index in [1.165, 1.54) is 0 Å². The number of hydrogen-bond donors (Lipinski definition) is 3. The lowest BCUT2D eigenvalue weighted by Gasteiger charge is -2.25. The summed E-state index contributed by atoms with van der Waals surface area (Å²) in [7, 11) is 0. The van der Waals surface area contributed by atoms with E-state index in [2.05, 4.69) is 16.8 Å². The van der Waals surface area contributed by atoms with Crippen LogP contribution in [0, 0.1) is 13.8 Å². The van der Waals surface area contributed by atoms with E-state index in [0.29, 0.717) is 29.1 Å². The average molecular weight is 375 g/mol. The molecule has 1 atom stereocenters. The minimum absolute atomic E-state index is 0.122. The molecule has 2 heterocycles. The number of carbonyl (C=O) groups is 1. The molecular weight excluding hydrogens is 354 g/mol. The molecule has 1 aromatic heterocycles. The van der Waals surface area contributed by atoms with Gasteiger partial charge in [0.05, 0.1) is 6.04 Å². The fourth-order valence-corrected chi connectivity index (χ4v) is 3.91. The Morgan fingerprint density at radius 1 is 1.25 bits per heavy atom. The van der Waals surface area contributed by atoms with Gasteiger partial charge in [-0.05, 0) is 48.7 Å². The van der Waals surface area contributed by atoms with Crippen molar-refractivity contribution >= 4 is 5.91 Å². The summed E-state index contributed by atoms with van der Waals surface area (Å²) in [5.41, 5.74) is 4.69. The Morgan fingerprint density at radius 2 is 2.04 bits per heavy atom. The molecule has 142 valence electrons. The zero-order valence-electron chi connectivity index (χ0n) is 15.7. The summed E-state index contributed by atoms with van der Waals surface area (Å²) in [6, 6.07) is 10.1. The molecule has 0 saturated heterocycles. The Morgan fingerprint density at radius 3 is 2.75 bits per heavy atom. The zero-order valence-corrected chi connectivity index (χ0v) is 15.7. The number of rotatable bonds is 4. The van der Waals surface area contributed by atoms with Crippen molar-refractivity contribution in [1.82, 2.24) is 15.1 Å². The molecule has 6 heteroatoms. The first-order valence-electron chi connectivity index (χ1n) is 9.02. The van der Waals surface area contributed by atoms with Gasteiger partial charge in [0.25, 0.3) is 5.91 Å². The van der Waals surface area contributed by atoms with Crippen molar-refractivity contribution in [3.8, 4) is 22.8 Å². The standard InChI is InChI=1S/C22H21N3O3/c1-4-8-25-20(14-6-5-7-15(26)11-14)17-18(23-24-19(17)22(25)28)16-10-12(2)9-13(3)21(16)27/h4-7,9-11,20,26-27H,1,8H2,2-3H3,(H,23,24)/t20-/m1/s1. The SMILES string of the molecule is C=CCN1C(=O)c2[nH]nc(-c3cc(C)cc(C)c3O)c2[C@H]1c1cccc(O)c1. The number of aryl methyl sites for hydroxylation is 2. The minimum Gasteiger partial charge on any atom is -0.508 e. The van der Waals surface area contributed by atoms with Crippen LogP contribution in [0.3, 0.4) is 0 Å². The van der Waals surface area contributed by atoms with Crippen LogP contribution in [0.25, 0.3) is 11.3 Å². The number of aromatic amines is 1. The molecule has 0 saturated carbocycles. The first-order chi connectivity index (χ1) is 13.4. The van der Waals surface area contributed by atoms with E-state index in [0.717, 1.165) is 16.7 Å². The fraction of sp³-hybridized carbons (Fsp3) is 0.182. The fourth-order valence-electron chi connectivity index (χ4n) is 3.91. The van der Waals surface area contributed by atoms with E-state index >= 15 is 0 Å². The molecule has 2 aromatic carbocycles. The number of aromatic nitrogens is 2. The van der Waals surface area contributed by atoms with Crippen LogP contribution in [0.5, 0.6) is 11.5 Å². The lowest BCUT2D eigenvalue weighted by molar-refractivity contribution is 0.0764. The lowest BCUT2D eigenvalue weighted by Crippen LogP contribution is -2.29. The number of fused-ring (bicyclic) bond motifs is 1. The second-order valence-corrected chi connectivity index (χ2v) is 7.08. The molecule has 0 fully saturated rings. The molecule has 0 bridgehead atoms. The highest BCUT2D eigenvalue weighted by molar-refractivity contribution is 6.00. The molecule has 0 radical (unpaired) electrons. The number of phenolic OH excluding ortho intramolecular Hbond substituents is 2. The predicted octanol–water partition coefficient (Wildman–Crippen LogP) is 3.84. The van der Waals surface area contributed by atoms with Gasteiger partial charge in [0.15, 0.2) is 0 Å². The van der Waals surface area contributed by atoms with Crippen molar-refractivity contribution < 1.29 is 15.0 Å². The quantitative estimate of drug-likeness (QED) is 0.605. The molecule has 6 nitrogen and oxygen atoms in total. The Hall–Kier alpha value is -3.54. The Balaban J connectivity index is 1.97. The van der Waals surface area contributed by atoms with Crippen molar-refractivity contribution in [3.63, 3.8) is 0 Å². The summed E-state index contributed by atoms with van der Waals surface area (Å²) in [4.78, 5) is 14.7. The predicted molar refractivity (Wildman–Crippen MR) is 106 cm³/mol. The number of amides is 1. The number of carbonyl (C=O) groups excluding carboxylic acids is 1. The van der Waals surface area contributed by atoms with Crippen LogP contribution in [0.4, 0.5) is 0 Å². The van der Waals surface area contributed by atoms with Crippen molar-refractivity contribution in [3.05, 3.63) is 77.0 Å². The molecule has 3 aromatic rings. The molecule has 0 aliphatic carbocycles. The van der Waals surface area contributed by atoms with Crippen LogP contribution < -0.4 is 0 Å². The summed E-state index contributed by atoms with van der Waals surface area (Å²) in [6.07, 6.45) is 1.67. The highest BCUT2D eigenvalue weighted by Crippen LogP contribution is 2.45. The average Bonchev–Trinajstić information content (AvgIpc) is 3.18. The maximum absolute atomic E-state index is 13.0. The van der Waals surface area contributed by atoms with Gasteiger partial charge < -0.3 is 15.1 Å². The van der Waals surface area contributed by atoms with E-state index in [9.17, 15) is 15.0 Å². The van der Waals surface area contributed by atoms with Gasteiger partial charge in [-0.2, -0.15) is 5.10 Å². The Bertz CT molecular complexity index is 1100. The smallest absolute Gasteiger partial charge is 0.273 e. The minimum atomic E-state index is -0.443. The van der Waals surface area contributed by atoms with Crippen LogP contribution in [-0.4, -0.2) is 37.8 Å². The molecule has 3 N–H and O–H groups in total. The van der Waals surface area contributed by atoms with Crippen LogP contribution in [0.2, 0.25) is 0 Å². The van der Waals surface area contributed by atoms with Gasteiger partial charge >= 0.3 is 0 Å². The topological polar surface area (TPSA) is 89.5 Å². The number of phenols is 2. The van der Waals surface area contributed by atoms with Crippen molar-refractivity contribution in [2.24, 2.45) is 0 Å². The first-order valence-corrected chi connectivity index (χ1v) is 9.02. The maximum atomic E-state index is 13.0. The van der Waals surface area contributed by atoms with Crippen molar-refractivity contribution in [2.75, 3.05) is 6.54 Å². The summed E-state index contributed by atoms with van der Waals surface area (Å²) in [5, 5.41) is 27.9. The third kappa shape index (κ3) is 2.65. The van der Waals surface area contributed by atoms with Gasteiger partial charge in [0.2, 0.25) is 0 Å². The summed E-state index contributed by atoms with van der Waals surface area (Å²) in [6.45, 7) is 7.89. The van der Waals surface area contributed by atoms with Crippen LogP contribution in [0.15, 0.2) is 49.1 Å². The van der Waals surface area contributed by atoms with Crippen molar-refractivity contribution in [1.29, 1.82) is 0 Å². The molecule has 0 spiro atoms. The number of nitrogens with zero attached hydrogens (tertiary/aromatic N) is 2. The molecule has 1 aliphatic rings. The zero-order chi connectivity index (χ0) is 20.0. The monoisotopic (exact) mass is 375 g/mol. The van der Waals surface area contributed by atoms with Gasteiger partial charge in [-0.1, -0.05) is 24.3 Å². The molecule has 0 unspecified atom stereocenters. The van der Waals surface area contributed by atoms with Gasteiger partial charge in [-0.25, -0.2) is 0 Å². The second kappa shape index (κ2) is 6.56. The number of hydrogen-bond acceptors (Lipinski definition) is 4. The van der Waals surface area contributed by atoms with Crippen LogP contribution in [0.1, 0.15) is 38.8 Å². The highest BCUT2D eigenvalue weighted by atomic mass is 16.3. The highest BCUT2D eigenvalue weighted by Gasteiger charge is 2.42. The third-order valence-corrected chi connectivity index (χ3v) is 5.08. The van der Waals surface area contributed by atoms with E-state index in [1.54, 1.807) is 29.2 Å². The number of benzene rings is 2. The first kappa shape index (κ1) is 17.9. The summed E-state index contributed by atoms with van der Waals surface area (Å²) < 4.78 is 0. The maximum Gasteiger partial charge on any atom is 0.273 e. The van der Waals surface area contributed by atoms with E-state index in [4.69, 9.17) is 0 Å². The Labute approximate surface area is 162 Å². The largest absolute Gasteiger partial charge is 0.508 e. The lowest BCUT2D eigenvalue weighted by atomic mass is 9.94. The Kier molecular flexibility index (Phi) is 4.19. The van der Waals surface area contributed by atoms with Crippen LogP contribution in [-0.2, 0) is 0 Å². The molecule has 28 heavy (non-hydrogen) atoms. The van der Waals surface area contributed by atoms with E-state index in [-0.39, 0.29) is 17.4 Å². The molecule has 4 rings (SSSR count). The van der Waals surface area contributed by atoms with Crippen LogP contribution >= 0.6 is 0 Å². The third-order valence-electron chi connectivity index (χ3n) is 5.08. The van der Waals surface area contributed by atoms with E-state index < -0.39 is 6.04 Å². The molecule has 1 aliphatic heterocycles. The number of H-pyrrole nitrogens is 1. The van der Waals surface area contributed by atoms with Gasteiger partial charge in [-0.3, -0.25) is 9.89 Å². The van der Waals surface area contributed by atoms with Gasteiger partial charge in [0, 0.05) is 17.7 Å². The number of nitrogens with one attached hydrogen (secondary N) is 1. The van der Waals surface area contributed by atoms with E-state index in [1.807, 2.05) is 32.0 Å². The molecular formula is C22H21N3O3. The summed E-state index contributed by atoms with van der Waals surface area (Å²) in [5.74, 6) is 0.0753. The van der Waals surface area contributed by atoms with Gasteiger partial charge in [-0.15, -0.1) is 6.58 Å². The van der Waals surface area contributed by atoms with Gasteiger partial charge in [0.1, 0.15) is 22.9 Å². The number of aromatic hydroxyl groups is 2. The molecule has 1 amide bonds. The second-order valence-electron chi connectivity index (χ2n) is 7.08. The normalized spacial score (nSPS) is 15.7. The summed E-state index contributed by atoms with van der Waals surface area (Å²) >= 11 is 0. The van der Waals surface area contributed by atoms with Crippen molar-refractivity contribution in [2.45, 2.75) is 19.9 Å².